The molecule has 0 fully saturated rings. The maximum absolute atomic E-state index is 11.8. The van der Waals surface area contributed by atoms with E-state index in [9.17, 15) is 4.79 Å². The monoisotopic (exact) mass is 360 g/mol. The van der Waals surface area contributed by atoms with Crippen LogP contribution >= 0.6 is 11.6 Å². The van der Waals surface area contributed by atoms with Gasteiger partial charge >= 0.3 is 5.97 Å². The summed E-state index contributed by atoms with van der Waals surface area (Å²) in [6.45, 7) is 3.77. The van der Waals surface area contributed by atoms with Crippen molar-refractivity contribution in [1.82, 2.24) is 15.5 Å². The second kappa shape index (κ2) is 8.27. The molecule has 0 spiro atoms. The summed E-state index contributed by atoms with van der Waals surface area (Å²) < 4.78 is 5.06. The summed E-state index contributed by atoms with van der Waals surface area (Å²) in [6, 6.07) is 9.73. The standard InChI is InChI=1S/C18H21ClN4O2/c1-2-25-18(24)13-4-3-12-10-15(11-14(12)9-13)20-7-8-21-17-6-5-16(19)22-23-17/h3-6,9,15,20H,2,7-8,10-11H2,1H3,(H,21,23). The summed E-state index contributed by atoms with van der Waals surface area (Å²) in [6.07, 6.45) is 1.89. The molecule has 0 saturated carbocycles. The molecule has 132 valence electrons. The maximum Gasteiger partial charge on any atom is 0.338 e. The zero-order valence-electron chi connectivity index (χ0n) is 14.1. The summed E-state index contributed by atoms with van der Waals surface area (Å²) in [7, 11) is 0. The van der Waals surface area contributed by atoms with Crippen LogP contribution in [0.2, 0.25) is 5.15 Å². The van der Waals surface area contributed by atoms with Crippen molar-refractivity contribution in [3.05, 3.63) is 52.2 Å². The van der Waals surface area contributed by atoms with Gasteiger partial charge in [-0.25, -0.2) is 4.79 Å². The second-order valence-corrected chi connectivity index (χ2v) is 6.32. The molecule has 3 rings (SSSR count). The first-order valence-corrected chi connectivity index (χ1v) is 8.79. The Labute approximate surface area is 151 Å². The van der Waals surface area contributed by atoms with E-state index in [2.05, 4.69) is 20.8 Å². The van der Waals surface area contributed by atoms with Crippen molar-refractivity contribution in [2.45, 2.75) is 25.8 Å². The number of esters is 1. The number of carbonyl (C=O) groups excluding carboxylic acids is 1. The number of aromatic nitrogens is 2. The van der Waals surface area contributed by atoms with Gasteiger partial charge in [0, 0.05) is 19.1 Å². The lowest BCUT2D eigenvalue weighted by molar-refractivity contribution is 0.0526. The molecule has 1 unspecified atom stereocenters. The quantitative estimate of drug-likeness (QED) is 0.583. The van der Waals surface area contributed by atoms with Crippen molar-refractivity contribution < 1.29 is 9.53 Å². The minimum absolute atomic E-state index is 0.255. The van der Waals surface area contributed by atoms with Gasteiger partial charge in [0.1, 0.15) is 5.82 Å². The van der Waals surface area contributed by atoms with Crippen molar-refractivity contribution in [2.75, 3.05) is 25.0 Å². The molecule has 0 radical (unpaired) electrons. The van der Waals surface area contributed by atoms with Crippen LogP contribution in [0.15, 0.2) is 30.3 Å². The van der Waals surface area contributed by atoms with Gasteiger partial charge < -0.3 is 15.4 Å². The highest BCUT2D eigenvalue weighted by molar-refractivity contribution is 6.29. The number of ether oxygens (including phenoxy) is 1. The van der Waals surface area contributed by atoms with E-state index in [-0.39, 0.29) is 5.97 Å². The van der Waals surface area contributed by atoms with Crippen LogP contribution in [0, 0.1) is 0 Å². The van der Waals surface area contributed by atoms with Crippen molar-refractivity contribution >= 4 is 23.4 Å². The third kappa shape index (κ3) is 4.67. The number of rotatable bonds is 7. The fourth-order valence-corrected chi connectivity index (χ4v) is 3.08. The molecule has 2 aromatic rings. The zero-order chi connectivity index (χ0) is 17.6. The first-order chi connectivity index (χ1) is 12.2. The summed E-state index contributed by atoms with van der Waals surface area (Å²) in [4.78, 5) is 11.8. The SMILES string of the molecule is CCOC(=O)c1ccc2c(c1)CC(NCCNc1ccc(Cl)nn1)C2. The largest absolute Gasteiger partial charge is 0.462 e. The predicted molar refractivity (Wildman–Crippen MR) is 97.1 cm³/mol. The summed E-state index contributed by atoms with van der Waals surface area (Å²) >= 11 is 5.71. The van der Waals surface area contributed by atoms with E-state index in [0.29, 0.717) is 29.2 Å². The Bertz CT molecular complexity index is 736. The Kier molecular flexibility index (Phi) is 5.83. The Morgan fingerprint density at radius 2 is 2.04 bits per heavy atom. The fraction of sp³-hybridized carbons (Fsp3) is 0.389. The first kappa shape index (κ1) is 17.6. The molecule has 1 aliphatic rings. The van der Waals surface area contributed by atoms with Crippen molar-refractivity contribution in [1.29, 1.82) is 0 Å². The van der Waals surface area contributed by atoms with Crippen LogP contribution in [0.4, 0.5) is 5.82 Å². The molecular weight excluding hydrogens is 340 g/mol. The molecule has 25 heavy (non-hydrogen) atoms. The van der Waals surface area contributed by atoms with Gasteiger partial charge in [-0.3, -0.25) is 0 Å². The lowest BCUT2D eigenvalue weighted by atomic mass is 10.1. The molecule has 1 atom stereocenters. The van der Waals surface area contributed by atoms with E-state index < -0.39 is 0 Å². The van der Waals surface area contributed by atoms with E-state index in [1.165, 1.54) is 11.1 Å². The van der Waals surface area contributed by atoms with Gasteiger partial charge in [0.25, 0.3) is 0 Å². The molecule has 0 saturated heterocycles. The van der Waals surface area contributed by atoms with Crippen molar-refractivity contribution in [3.63, 3.8) is 0 Å². The zero-order valence-corrected chi connectivity index (χ0v) is 14.8. The summed E-state index contributed by atoms with van der Waals surface area (Å²) in [5, 5.41) is 14.9. The van der Waals surface area contributed by atoms with E-state index in [4.69, 9.17) is 16.3 Å². The molecule has 1 aliphatic carbocycles. The van der Waals surface area contributed by atoms with Crippen LogP contribution in [0.5, 0.6) is 0 Å². The first-order valence-electron chi connectivity index (χ1n) is 8.41. The van der Waals surface area contributed by atoms with Crippen LogP contribution < -0.4 is 10.6 Å². The van der Waals surface area contributed by atoms with Gasteiger partial charge in [-0.1, -0.05) is 17.7 Å². The highest BCUT2D eigenvalue weighted by Gasteiger charge is 2.22. The molecule has 6 nitrogen and oxygen atoms in total. The maximum atomic E-state index is 11.8. The fourth-order valence-electron chi connectivity index (χ4n) is 2.98. The van der Waals surface area contributed by atoms with Crippen LogP contribution in [-0.2, 0) is 17.6 Å². The smallest absolute Gasteiger partial charge is 0.338 e. The molecule has 1 aromatic heterocycles. The number of nitrogens with zero attached hydrogens (tertiary/aromatic N) is 2. The Hall–Kier alpha value is -2.18. The Morgan fingerprint density at radius 1 is 1.20 bits per heavy atom. The molecule has 1 aromatic carbocycles. The van der Waals surface area contributed by atoms with Crippen LogP contribution in [0.1, 0.15) is 28.4 Å². The van der Waals surface area contributed by atoms with Gasteiger partial charge in [-0.15, -0.1) is 10.2 Å². The van der Waals surface area contributed by atoms with Crippen molar-refractivity contribution in [2.24, 2.45) is 0 Å². The van der Waals surface area contributed by atoms with E-state index >= 15 is 0 Å². The van der Waals surface area contributed by atoms with Gasteiger partial charge in [0.2, 0.25) is 0 Å². The average Bonchev–Trinajstić information content (AvgIpc) is 3.02. The van der Waals surface area contributed by atoms with E-state index in [1.54, 1.807) is 12.1 Å². The van der Waals surface area contributed by atoms with Crippen molar-refractivity contribution in [3.8, 4) is 0 Å². The number of carbonyl (C=O) groups is 1. The molecular formula is C18H21ClN4O2. The number of anilines is 1. The molecule has 1 heterocycles. The third-order valence-corrected chi connectivity index (χ3v) is 4.35. The highest BCUT2D eigenvalue weighted by atomic mass is 35.5. The lowest BCUT2D eigenvalue weighted by Crippen LogP contribution is -2.33. The number of benzene rings is 1. The molecule has 7 heteroatoms. The number of hydrogen-bond acceptors (Lipinski definition) is 6. The highest BCUT2D eigenvalue weighted by Crippen LogP contribution is 2.23. The van der Waals surface area contributed by atoms with E-state index in [1.807, 2.05) is 25.1 Å². The Balaban J connectivity index is 1.45. The normalized spacial score (nSPS) is 15.7. The minimum Gasteiger partial charge on any atom is -0.462 e. The number of halogens is 1. The average molecular weight is 361 g/mol. The number of hydrogen-bond donors (Lipinski definition) is 2. The summed E-state index contributed by atoms with van der Waals surface area (Å²) in [5.41, 5.74) is 3.14. The minimum atomic E-state index is -0.255. The predicted octanol–water partition coefficient (Wildman–Crippen LogP) is 2.48. The van der Waals surface area contributed by atoms with E-state index in [0.717, 1.165) is 25.9 Å². The second-order valence-electron chi connectivity index (χ2n) is 5.93. The molecule has 0 bridgehead atoms. The lowest BCUT2D eigenvalue weighted by Gasteiger charge is -2.12. The van der Waals surface area contributed by atoms with Crippen LogP contribution in [-0.4, -0.2) is 41.9 Å². The van der Waals surface area contributed by atoms with Crippen LogP contribution in [0.25, 0.3) is 0 Å². The number of fused-ring (bicyclic) bond motifs is 1. The molecule has 0 aliphatic heterocycles. The van der Waals surface area contributed by atoms with Gasteiger partial charge in [0.05, 0.1) is 12.2 Å². The van der Waals surface area contributed by atoms with Gasteiger partial charge in [-0.2, -0.15) is 0 Å². The topological polar surface area (TPSA) is 76.1 Å². The summed E-state index contributed by atoms with van der Waals surface area (Å²) in [5.74, 6) is 0.454. The Morgan fingerprint density at radius 3 is 2.80 bits per heavy atom. The number of nitrogens with one attached hydrogen (secondary N) is 2. The van der Waals surface area contributed by atoms with Crippen LogP contribution in [0.3, 0.4) is 0 Å². The molecule has 2 N–H and O–H groups in total. The van der Waals surface area contributed by atoms with Gasteiger partial charge in [0.15, 0.2) is 5.15 Å². The third-order valence-electron chi connectivity index (χ3n) is 4.15. The van der Waals surface area contributed by atoms with Gasteiger partial charge in [-0.05, 0) is 55.2 Å². The molecule has 0 amide bonds.